The summed E-state index contributed by atoms with van der Waals surface area (Å²) in [6.07, 6.45) is 0. The lowest BCUT2D eigenvalue weighted by molar-refractivity contribution is -0.120. The Morgan fingerprint density at radius 3 is 2.36 bits per heavy atom. The smallest absolute Gasteiger partial charge is 0.283 e. The number of anilines is 2. The van der Waals surface area contributed by atoms with Crippen molar-refractivity contribution in [2.24, 2.45) is 0 Å². The van der Waals surface area contributed by atoms with Crippen LogP contribution in [0.4, 0.5) is 15.8 Å². The van der Waals surface area contributed by atoms with Crippen LogP contribution in [-0.2, 0) is 9.59 Å². The van der Waals surface area contributed by atoms with E-state index in [9.17, 15) is 14.0 Å². The van der Waals surface area contributed by atoms with Gasteiger partial charge in [-0.3, -0.25) is 9.59 Å². The molecular formula is C17H10Cl3FN2O2. The summed E-state index contributed by atoms with van der Waals surface area (Å²) < 4.78 is 13.3. The van der Waals surface area contributed by atoms with Gasteiger partial charge in [0.2, 0.25) is 0 Å². The lowest BCUT2D eigenvalue weighted by Crippen LogP contribution is -2.32. The van der Waals surface area contributed by atoms with Crippen LogP contribution in [0.5, 0.6) is 0 Å². The third-order valence-electron chi connectivity index (χ3n) is 3.64. The Kier molecular flexibility index (Phi) is 4.73. The Balaban J connectivity index is 1.95. The molecular weight excluding hydrogens is 390 g/mol. The van der Waals surface area contributed by atoms with Crippen molar-refractivity contribution in [2.75, 3.05) is 10.2 Å². The molecule has 0 unspecified atom stereocenters. The van der Waals surface area contributed by atoms with Crippen LogP contribution in [-0.4, -0.2) is 11.8 Å². The number of benzene rings is 2. The van der Waals surface area contributed by atoms with E-state index < -0.39 is 17.6 Å². The van der Waals surface area contributed by atoms with Gasteiger partial charge in [0.05, 0.1) is 10.7 Å². The average molecular weight is 400 g/mol. The Morgan fingerprint density at radius 2 is 1.72 bits per heavy atom. The first kappa shape index (κ1) is 17.7. The van der Waals surface area contributed by atoms with Gasteiger partial charge in [-0.05, 0) is 48.9 Å². The highest BCUT2D eigenvalue weighted by molar-refractivity contribution is 6.53. The highest BCUT2D eigenvalue weighted by Crippen LogP contribution is 2.32. The Labute approximate surface area is 157 Å². The molecule has 4 nitrogen and oxygen atoms in total. The molecule has 0 radical (unpaired) electrons. The van der Waals surface area contributed by atoms with Crippen molar-refractivity contribution in [3.8, 4) is 0 Å². The fourth-order valence-electron chi connectivity index (χ4n) is 2.37. The first-order valence-corrected chi connectivity index (χ1v) is 8.19. The van der Waals surface area contributed by atoms with Gasteiger partial charge < -0.3 is 5.32 Å². The van der Waals surface area contributed by atoms with Crippen LogP contribution < -0.4 is 10.2 Å². The van der Waals surface area contributed by atoms with Gasteiger partial charge in [0.25, 0.3) is 11.8 Å². The van der Waals surface area contributed by atoms with Gasteiger partial charge >= 0.3 is 0 Å². The van der Waals surface area contributed by atoms with Gasteiger partial charge in [-0.1, -0.05) is 34.8 Å². The molecule has 0 spiro atoms. The molecule has 3 rings (SSSR count). The minimum absolute atomic E-state index is 0.0717. The standard InChI is InChI=1S/C17H10Cl3FN2O2/c1-8-6-9(18)2-5-13(8)22-15-14(20)16(24)23(17(15)25)10-3-4-12(21)11(19)7-10/h2-7,22H,1H3. The molecule has 0 aliphatic carbocycles. The molecule has 1 heterocycles. The van der Waals surface area contributed by atoms with E-state index in [0.29, 0.717) is 10.7 Å². The van der Waals surface area contributed by atoms with Crippen LogP contribution in [0.3, 0.4) is 0 Å². The van der Waals surface area contributed by atoms with Crippen LogP contribution in [0.25, 0.3) is 0 Å². The van der Waals surface area contributed by atoms with E-state index in [1.54, 1.807) is 25.1 Å². The number of carbonyl (C=O) groups is 2. The normalized spacial score (nSPS) is 14.5. The van der Waals surface area contributed by atoms with Crippen molar-refractivity contribution in [3.05, 3.63) is 68.6 Å². The maximum absolute atomic E-state index is 13.3. The number of hydrogen-bond donors (Lipinski definition) is 1. The molecule has 8 heteroatoms. The monoisotopic (exact) mass is 398 g/mol. The van der Waals surface area contributed by atoms with Crippen LogP contribution in [0.15, 0.2) is 47.1 Å². The average Bonchev–Trinajstić information content (AvgIpc) is 2.76. The molecule has 2 amide bonds. The number of nitrogens with zero attached hydrogens (tertiary/aromatic N) is 1. The molecule has 0 saturated carbocycles. The van der Waals surface area contributed by atoms with Gasteiger partial charge in [0.15, 0.2) is 0 Å². The second-order valence-electron chi connectivity index (χ2n) is 5.32. The van der Waals surface area contributed by atoms with Crippen molar-refractivity contribution in [2.45, 2.75) is 6.92 Å². The minimum atomic E-state index is -0.719. The summed E-state index contributed by atoms with van der Waals surface area (Å²) in [7, 11) is 0. The van der Waals surface area contributed by atoms with E-state index in [-0.39, 0.29) is 21.4 Å². The maximum atomic E-state index is 13.3. The molecule has 1 aliphatic rings. The Hall–Kier alpha value is -2.08. The predicted octanol–water partition coefficient (Wildman–Crippen LogP) is 4.88. The van der Waals surface area contributed by atoms with E-state index in [0.717, 1.165) is 16.5 Å². The Morgan fingerprint density at radius 1 is 1.00 bits per heavy atom. The molecule has 2 aromatic rings. The van der Waals surface area contributed by atoms with Crippen molar-refractivity contribution in [3.63, 3.8) is 0 Å². The molecule has 0 aromatic heterocycles. The fraction of sp³-hybridized carbons (Fsp3) is 0.0588. The second kappa shape index (κ2) is 6.67. The topological polar surface area (TPSA) is 49.4 Å². The van der Waals surface area contributed by atoms with Gasteiger partial charge in [-0.15, -0.1) is 0 Å². The van der Waals surface area contributed by atoms with Gasteiger partial charge in [0, 0.05) is 10.7 Å². The second-order valence-corrected chi connectivity index (χ2v) is 6.54. The van der Waals surface area contributed by atoms with Crippen LogP contribution in [0.1, 0.15) is 5.56 Å². The van der Waals surface area contributed by atoms with E-state index in [1.807, 2.05) is 0 Å². The van der Waals surface area contributed by atoms with Gasteiger partial charge in [0.1, 0.15) is 16.5 Å². The number of aryl methyl sites for hydroxylation is 1. The lowest BCUT2D eigenvalue weighted by Gasteiger charge is -2.16. The number of nitrogens with one attached hydrogen (secondary N) is 1. The van der Waals surface area contributed by atoms with Crippen LogP contribution in [0, 0.1) is 12.7 Å². The zero-order valence-electron chi connectivity index (χ0n) is 12.7. The minimum Gasteiger partial charge on any atom is -0.349 e. The van der Waals surface area contributed by atoms with Crippen molar-refractivity contribution in [1.82, 2.24) is 0 Å². The van der Waals surface area contributed by atoms with E-state index in [2.05, 4.69) is 5.32 Å². The molecule has 0 fully saturated rings. The summed E-state index contributed by atoms with van der Waals surface area (Å²) in [5.74, 6) is -2.03. The zero-order chi connectivity index (χ0) is 18.3. The zero-order valence-corrected chi connectivity index (χ0v) is 15.0. The summed E-state index contributed by atoms with van der Waals surface area (Å²) in [5.41, 5.74) is 1.41. The largest absolute Gasteiger partial charge is 0.349 e. The van der Waals surface area contributed by atoms with E-state index >= 15 is 0 Å². The molecule has 128 valence electrons. The van der Waals surface area contributed by atoms with Gasteiger partial charge in [-0.2, -0.15) is 0 Å². The summed E-state index contributed by atoms with van der Waals surface area (Å²) in [6.45, 7) is 1.79. The maximum Gasteiger partial charge on any atom is 0.283 e. The summed E-state index contributed by atoms with van der Waals surface area (Å²) in [6, 6.07) is 8.55. The summed E-state index contributed by atoms with van der Waals surface area (Å²) in [5, 5.41) is 2.93. The van der Waals surface area contributed by atoms with Crippen molar-refractivity contribution in [1.29, 1.82) is 0 Å². The fourth-order valence-corrected chi connectivity index (χ4v) is 2.99. The summed E-state index contributed by atoms with van der Waals surface area (Å²) >= 11 is 17.7. The quantitative estimate of drug-likeness (QED) is 0.749. The first-order chi connectivity index (χ1) is 11.8. The summed E-state index contributed by atoms with van der Waals surface area (Å²) in [4.78, 5) is 25.8. The predicted molar refractivity (Wildman–Crippen MR) is 96.6 cm³/mol. The third-order valence-corrected chi connectivity index (χ3v) is 4.51. The highest BCUT2D eigenvalue weighted by atomic mass is 35.5. The number of hydrogen-bond acceptors (Lipinski definition) is 3. The Bertz CT molecular complexity index is 943. The molecule has 0 saturated heterocycles. The molecule has 25 heavy (non-hydrogen) atoms. The number of halogens is 4. The number of carbonyl (C=O) groups excluding carboxylic acids is 2. The van der Waals surface area contributed by atoms with Crippen molar-refractivity contribution >= 4 is 58.0 Å². The van der Waals surface area contributed by atoms with Crippen LogP contribution >= 0.6 is 34.8 Å². The highest BCUT2D eigenvalue weighted by Gasteiger charge is 2.39. The third kappa shape index (κ3) is 3.23. The van der Waals surface area contributed by atoms with E-state index in [1.165, 1.54) is 12.1 Å². The van der Waals surface area contributed by atoms with Crippen molar-refractivity contribution < 1.29 is 14.0 Å². The molecule has 0 atom stereocenters. The SMILES string of the molecule is Cc1cc(Cl)ccc1NC1=C(Cl)C(=O)N(c2ccc(F)c(Cl)c2)C1=O. The number of imide groups is 1. The number of amides is 2. The van der Waals surface area contributed by atoms with Crippen LogP contribution in [0.2, 0.25) is 10.0 Å². The van der Waals surface area contributed by atoms with E-state index in [4.69, 9.17) is 34.8 Å². The molecule has 1 aliphatic heterocycles. The molecule has 2 aromatic carbocycles. The lowest BCUT2D eigenvalue weighted by atomic mass is 10.2. The molecule has 0 bridgehead atoms. The number of rotatable bonds is 3. The first-order valence-electron chi connectivity index (χ1n) is 7.06. The molecule has 1 N–H and O–H groups in total. The van der Waals surface area contributed by atoms with Gasteiger partial charge in [-0.25, -0.2) is 9.29 Å².